The van der Waals surface area contributed by atoms with Crippen molar-refractivity contribution in [3.05, 3.63) is 46.6 Å². The highest BCUT2D eigenvalue weighted by molar-refractivity contribution is 6.30. The van der Waals surface area contributed by atoms with E-state index < -0.39 is 0 Å². The number of hydrogen-bond donors (Lipinski definition) is 1. The zero-order valence-electron chi connectivity index (χ0n) is 14.3. The first-order valence-electron chi connectivity index (χ1n) is 8.83. The number of rotatable bonds is 7. The first kappa shape index (κ1) is 17.3. The Balaban J connectivity index is 1.68. The topological polar surface area (TPSA) is 39.1 Å². The maximum absolute atomic E-state index is 6.06. The third kappa shape index (κ3) is 4.74. The quantitative estimate of drug-likeness (QED) is 0.806. The average Bonchev–Trinajstić information content (AvgIpc) is 2.97. The van der Waals surface area contributed by atoms with Gasteiger partial charge in [-0.05, 0) is 43.5 Å². The van der Waals surface area contributed by atoms with Crippen molar-refractivity contribution in [2.24, 2.45) is 5.92 Å². The van der Waals surface area contributed by atoms with Gasteiger partial charge in [-0.2, -0.15) is 5.10 Å². The second-order valence-electron chi connectivity index (χ2n) is 6.61. The first-order chi connectivity index (χ1) is 11.7. The summed E-state index contributed by atoms with van der Waals surface area (Å²) in [6.45, 7) is 2.25. The van der Waals surface area contributed by atoms with E-state index in [0.717, 1.165) is 41.2 Å². The molecule has 130 valence electrons. The molecular formula is C19H26ClN3O. The van der Waals surface area contributed by atoms with Gasteiger partial charge in [-0.25, -0.2) is 4.68 Å². The number of hydrogen-bond acceptors (Lipinski definition) is 3. The Morgan fingerprint density at radius 1 is 1.21 bits per heavy atom. The van der Waals surface area contributed by atoms with E-state index in [1.165, 1.54) is 32.1 Å². The minimum absolute atomic E-state index is 0.534. The number of ether oxygens (including phenoxy) is 1. The Morgan fingerprint density at radius 2 is 1.96 bits per heavy atom. The van der Waals surface area contributed by atoms with Crippen LogP contribution in [-0.2, 0) is 19.7 Å². The number of nitrogens with zero attached hydrogens (tertiary/aromatic N) is 2. The van der Waals surface area contributed by atoms with Crippen molar-refractivity contribution >= 4 is 11.6 Å². The molecule has 1 fully saturated rings. The van der Waals surface area contributed by atoms with Gasteiger partial charge in [0, 0.05) is 24.2 Å². The van der Waals surface area contributed by atoms with Gasteiger partial charge in [0.1, 0.15) is 6.61 Å². The van der Waals surface area contributed by atoms with Crippen LogP contribution in [0.1, 0.15) is 43.4 Å². The largest absolute Gasteiger partial charge is 0.473 e. The van der Waals surface area contributed by atoms with Crippen LogP contribution < -0.4 is 10.1 Å². The molecule has 1 heterocycles. The second kappa shape index (κ2) is 8.54. The van der Waals surface area contributed by atoms with Crippen LogP contribution in [0.25, 0.3) is 0 Å². The molecule has 5 heteroatoms. The summed E-state index contributed by atoms with van der Waals surface area (Å²) in [5.41, 5.74) is 2.14. The molecule has 0 saturated heterocycles. The Bertz CT molecular complexity index is 633. The Labute approximate surface area is 149 Å². The monoisotopic (exact) mass is 347 g/mol. The molecule has 1 aromatic heterocycles. The van der Waals surface area contributed by atoms with E-state index in [1.807, 2.05) is 31.3 Å². The van der Waals surface area contributed by atoms with Crippen LogP contribution in [0.2, 0.25) is 5.02 Å². The first-order valence-corrected chi connectivity index (χ1v) is 9.21. The molecule has 3 rings (SSSR count). The molecule has 0 radical (unpaired) electrons. The Morgan fingerprint density at radius 3 is 2.67 bits per heavy atom. The molecule has 1 aromatic carbocycles. The lowest BCUT2D eigenvalue weighted by Gasteiger charge is -2.22. The SMILES string of the molecule is CNCc1cc(OCc2ccc(Cl)cc2)n(CC2CCCCC2)n1. The van der Waals surface area contributed by atoms with Crippen LogP contribution in [-0.4, -0.2) is 16.8 Å². The summed E-state index contributed by atoms with van der Waals surface area (Å²) < 4.78 is 8.12. The third-order valence-electron chi connectivity index (χ3n) is 4.61. The smallest absolute Gasteiger partial charge is 0.212 e. The molecule has 0 spiro atoms. The zero-order valence-corrected chi connectivity index (χ0v) is 15.1. The summed E-state index contributed by atoms with van der Waals surface area (Å²) in [5, 5.41) is 8.64. The van der Waals surface area contributed by atoms with E-state index in [4.69, 9.17) is 21.4 Å². The summed E-state index contributed by atoms with van der Waals surface area (Å²) in [5.74, 6) is 1.58. The van der Waals surface area contributed by atoms with Gasteiger partial charge in [-0.15, -0.1) is 0 Å². The summed E-state index contributed by atoms with van der Waals surface area (Å²) in [6.07, 6.45) is 6.67. The zero-order chi connectivity index (χ0) is 16.8. The van der Waals surface area contributed by atoms with Crippen molar-refractivity contribution in [2.75, 3.05) is 7.05 Å². The van der Waals surface area contributed by atoms with Crippen molar-refractivity contribution in [2.45, 2.75) is 51.8 Å². The molecule has 4 nitrogen and oxygen atoms in total. The van der Waals surface area contributed by atoms with Gasteiger partial charge in [-0.3, -0.25) is 0 Å². The fourth-order valence-electron chi connectivity index (χ4n) is 3.32. The van der Waals surface area contributed by atoms with Gasteiger partial charge in [0.2, 0.25) is 5.88 Å². The fraction of sp³-hybridized carbons (Fsp3) is 0.526. The highest BCUT2D eigenvalue weighted by Gasteiger charge is 2.17. The summed E-state index contributed by atoms with van der Waals surface area (Å²) in [7, 11) is 1.94. The van der Waals surface area contributed by atoms with Gasteiger partial charge >= 0.3 is 0 Å². The van der Waals surface area contributed by atoms with E-state index in [-0.39, 0.29) is 0 Å². The number of halogens is 1. The Hall–Kier alpha value is -1.52. The molecule has 0 aliphatic heterocycles. The van der Waals surface area contributed by atoms with E-state index in [1.54, 1.807) is 0 Å². The summed E-state index contributed by atoms with van der Waals surface area (Å²) in [4.78, 5) is 0. The lowest BCUT2D eigenvalue weighted by Crippen LogP contribution is -2.16. The summed E-state index contributed by atoms with van der Waals surface area (Å²) in [6, 6.07) is 9.84. The van der Waals surface area contributed by atoms with Crippen LogP contribution in [0.3, 0.4) is 0 Å². The summed E-state index contributed by atoms with van der Waals surface area (Å²) >= 11 is 5.94. The third-order valence-corrected chi connectivity index (χ3v) is 4.86. The molecule has 0 bridgehead atoms. The lowest BCUT2D eigenvalue weighted by molar-refractivity contribution is 0.245. The molecule has 1 N–H and O–H groups in total. The van der Waals surface area contributed by atoms with Gasteiger partial charge in [0.05, 0.1) is 5.69 Å². The minimum Gasteiger partial charge on any atom is -0.473 e. The van der Waals surface area contributed by atoms with Crippen molar-refractivity contribution in [3.8, 4) is 5.88 Å². The highest BCUT2D eigenvalue weighted by atomic mass is 35.5. The van der Waals surface area contributed by atoms with E-state index in [2.05, 4.69) is 16.1 Å². The number of nitrogens with one attached hydrogen (secondary N) is 1. The average molecular weight is 348 g/mol. The van der Waals surface area contributed by atoms with Crippen molar-refractivity contribution < 1.29 is 4.74 Å². The highest BCUT2D eigenvalue weighted by Crippen LogP contribution is 2.27. The molecular weight excluding hydrogens is 322 g/mol. The molecule has 24 heavy (non-hydrogen) atoms. The van der Waals surface area contributed by atoms with Crippen LogP contribution in [0.5, 0.6) is 5.88 Å². The maximum atomic E-state index is 6.06. The van der Waals surface area contributed by atoms with E-state index in [0.29, 0.717) is 6.61 Å². The van der Waals surface area contributed by atoms with Crippen molar-refractivity contribution in [1.82, 2.24) is 15.1 Å². The van der Waals surface area contributed by atoms with Crippen molar-refractivity contribution in [3.63, 3.8) is 0 Å². The molecule has 1 aliphatic carbocycles. The molecule has 1 saturated carbocycles. The molecule has 0 atom stereocenters. The van der Waals surface area contributed by atoms with Gasteiger partial charge < -0.3 is 10.1 Å². The van der Waals surface area contributed by atoms with Crippen LogP contribution >= 0.6 is 11.6 Å². The lowest BCUT2D eigenvalue weighted by atomic mass is 9.89. The predicted molar refractivity (Wildman–Crippen MR) is 97.3 cm³/mol. The molecule has 0 unspecified atom stereocenters. The fourth-order valence-corrected chi connectivity index (χ4v) is 3.44. The Kier molecular flexibility index (Phi) is 6.16. The second-order valence-corrected chi connectivity index (χ2v) is 7.04. The normalized spacial score (nSPS) is 15.6. The number of aromatic nitrogens is 2. The van der Waals surface area contributed by atoms with E-state index in [9.17, 15) is 0 Å². The molecule has 0 amide bonds. The van der Waals surface area contributed by atoms with Gasteiger partial charge in [-0.1, -0.05) is 43.0 Å². The minimum atomic E-state index is 0.534. The predicted octanol–water partition coefficient (Wildman–Crippen LogP) is 4.42. The van der Waals surface area contributed by atoms with E-state index >= 15 is 0 Å². The molecule has 2 aromatic rings. The maximum Gasteiger partial charge on any atom is 0.212 e. The number of benzene rings is 1. The standard InChI is InChI=1S/C19H26ClN3O/c1-21-12-18-11-19(24-14-16-7-9-17(20)10-8-16)23(22-18)13-15-5-3-2-4-6-15/h7-11,15,21H,2-6,12-14H2,1H3. The molecule has 1 aliphatic rings. The van der Waals surface area contributed by atoms with Crippen LogP contribution in [0, 0.1) is 5.92 Å². The van der Waals surface area contributed by atoms with Crippen LogP contribution in [0.15, 0.2) is 30.3 Å². The van der Waals surface area contributed by atoms with Crippen molar-refractivity contribution in [1.29, 1.82) is 0 Å². The van der Waals surface area contributed by atoms with Crippen LogP contribution in [0.4, 0.5) is 0 Å². The van der Waals surface area contributed by atoms with Gasteiger partial charge in [0.25, 0.3) is 0 Å². The van der Waals surface area contributed by atoms with Gasteiger partial charge in [0.15, 0.2) is 0 Å².